The van der Waals surface area contributed by atoms with E-state index in [-0.39, 0.29) is 0 Å². The zero-order valence-electron chi connectivity index (χ0n) is 12.7. The molecule has 1 aliphatic heterocycles. The number of para-hydroxylation sites is 1. The molecule has 1 unspecified atom stereocenters. The Morgan fingerprint density at radius 2 is 2.19 bits per heavy atom. The van der Waals surface area contributed by atoms with E-state index in [1.54, 1.807) is 0 Å². The first-order valence-electron chi connectivity index (χ1n) is 7.69. The van der Waals surface area contributed by atoms with E-state index in [9.17, 15) is 0 Å². The van der Waals surface area contributed by atoms with Crippen LogP contribution in [-0.4, -0.2) is 29.4 Å². The monoisotopic (exact) mass is 289 g/mol. The van der Waals surface area contributed by atoms with Gasteiger partial charge in [0.1, 0.15) is 11.3 Å². The van der Waals surface area contributed by atoms with E-state index in [2.05, 4.69) is 22.5 Å². The summed E-state index contributed by atoms with van der Waals surface area (Å²) in [5.74, 6) is 1.95. The highest BCUT2D eigenvalue weighted by molar-refractivity contribution is 5.84. The van der Waals surface area contributed by atoms with Crippen molar-refractivity contribution >= 4 is 17.0 Å². The summed E-state index contributed by atoms with van der Waals surface area (Å²) >= 11 is 0. The summed E-state index contributed by atoms with van der Waals surface area (Å²) in [6.45, 7) is 6.50. The summed E-state index contributed by atoms with van der Waals surface area (Å²) in [6.07, 6.45) is 2.15. The van der Waals surface area contributed by atoms with Gasteiger partial charge < -0.3 is 19.8 Å². The van der Waals surface area contributed by atoms with Gasteiger partial charge in [-0.1, -0.05) is 6.07 Å². The van der Waals surface area contributed by atoms with Gasteiger partial charge in [-0.3, -0.25) is 0 Å². The van der Waals surface area contributed by atoms with E-state index in [1.807, 2.05) is 19.1 Å². The van der Waals surface area contributed by atoms with Gasteiger partial charge in [0.2, 0.25) is 5.95 Å². The maximum absolute atomic E-state index is 6.19. The molecule has 1 aromatic carbocycles. The molecule has 2 N–H and O–H groups in total. The van der Waals surface area contributed by atoms with Crippen LogP contribution in [0.2, 0.25) is 0 Å². The average molecular weight is 289 g/mol. The van der Waals surface area contributed by atoms with Crippen LogP contribution in [0.5, 0.6) is 5.75 Å². The number of fused-ring (bicyclic) bond motifs is 1. The van der Waals surface area contributed by atoms with Crippen LogP contribution in [0.15, 0.2) is 18.2 Å². The van der Waals surface area contributed by atoms with Crippen molar-refractivity contribution in [3.05, 3.63) is 18.2 Å². The Morgan fingerprint density at radius 1 is 1.43 bits per heavy atom. The summed E-state index contributed by atoms with van der Waals surface area (Å²) in [6, 6.07) is 6.33. The normalized spacial score (nSPS) is 18.0. The van der Waals surface area contributed by atoms with Crippen molar-refractivity contribution < 1.29 is 9.47 Å². The fourth-order valence-corrected chi connectivity index (χ4v) is 3.22. The predicted molar refractivity (Wildman–Crippen MR) is 83.6 cm³/mol. The lowest BCUT2D eigenvalue weighted by Crippen LogP contribution is -2.24. The number of hydrogen-bond donors (Lipinski definition) is 1. The fraction of sp³-hybridized carbons (Fsp3) is 0.562. The van der Waals surface area contributed by atoms with Crippen molar-refractivity contribution in [3.8, 4) is 5.75 Å². The third-order valence-corrected chi connectivity index (χ3v) is 4.37. The molecule has 2 aromatic rings. The fourth-order valence-electron chi connectivity index (χ4n) is 3.22. The maximum atomic E-state index is 6.19. The largest absolute Gasteiger partial charge is 0.492 e. The molecule has 114 valence electrons. The molecular weight excluding hydrogens is 266 g/mol. The molecule has 0 saturated carbocycles. The summed E-state index contributed by atoms with van der Waals surface area (Å²) < 4.78 is 13.3. The van der Waals surface area contributed by atoms with Gasteiger partial charge in [0.05, 0.1) is 12.1 Å². The molecule has 0 radical (unpaired) electrons. The average Bonchev–Trinajstić information content (AvgIpc) is 2.85. The number of rotatable bonds is 4. The molecule has 1 fully saturated rings. The highest BCUT2D eigenvalue weighted by Gasteiger charge is 2.25. The van der Waals surface area contributed by atoms with Gasteiger partial charge in [0, 0.05) is 19.3 Å². The number of aromatic nitrogens is 2. The van der Waals surface area contributed by atoms with E-state index >= 15 is 0 Å². The van der Waals surface area contributed by atoms with Crippen LogP contribution >= 0.6 is 0 Å². The Balaban J connectivity index is 2.01. The van der Waals surface area contributed by atoms with Gasteiger partial charge in [-0.15, -0.1) is 0 Å². The van der Waals surface area contributed by atoms with E-state index in [1.165, 1.54) is 0 Å². The number of ether oxygens (including phenoxy) is 2. The van der Waals surface area contributed by atoms with Crippen molar-refractivity contribution in [1.29, 1.82) is 0 Å². The minimum Gasteiger partial charge on any atom is -0.492 e. The van der Waals surface area contributed by atoms with Crippen molar-refractivity contribution in [2.45, 2.75) is 32.7 Å². The van der Waals surface area contributed by atoms with Crippen molar-refractivity contribution in [1.82, 2.24) is 9.55 Å². The summed E-state index contributed by atoms with van der Waals surface area (Å²) in [5, 5.41) is 0. The lowest BCUT2D eigenvalue weighted by atomic mass is 9.92. The number of benzene rings is 1. The molecule has 1 aliphatic rings. The summed E-state index contributed by atoms with van der Waals surface area (Å²) in [4.78, 5) is 4.53. The SMILES string of the molecule is CCOc1cccc2c1nc(N)n2C(C)C1CCOCC1. The molecule has 0 aliphatic carbocycles. The molecule has 3 rings (SSSR count). The lowest BCUT2D eigenvalue weighted by molar-refractivity contribution is 0.0521. The second-order valence-electron chi connectivity index (χ2n) is 5.59. The van der Waals surface area contributed by atoms with Crippen molar-refractivity contribution in [2.75, 3.05) is 25.6 Å². The summed E-state index contributed by atoms with van der Waals surface area (Å²) in [5.41, 5.74) is 8.10. The van der Waals surface area contributed by atoms with Crippen molar-refractivity contribution in [2.24, 2.45) is 5.92 Å². The van der Waals surface area contributed by atoms with Gasteiger partial charge in [-0.05, 0) is 44.7 Å². The minimum absolute atomic E-state index is 0.316. The quantitative estimate of drug-likeness (QED) is 0.940. The van der Waals surface area contributed by atoms with E-state index < -0.39 is 0 Å². The van der Waals surface area contributed by atoms with Gasteiger partial charge in [-0.25, -0.2) is 4.98 Å². The second kappa shape index (κ2) is 5.93. The number of nitrogens with two attached hydrogens (primary N) is 1. The molecule has 5 heteroatoms. The van der Waals surface area contributed by atoms with E-state index in [4.69, 9.17) is 15.2 Å². The number of anilines is 1. The van der Waals surface area contributed by atoms with Crippen LogP contribution in [0.3, 0.4) is 0 Å². The Bertz CT molecular complexity index is 617. The maximum Gasteiger partial charge on any atom is 0.201 e. The standard InChI is InChI=1S/C16H23N3O2/c1-3-21-14-6-4-5-13-15(14)18-16(17)19(13)11(2)12-7-9-20-10-8-12/h4-6,11-12H,3,7-10H2,1-2H3,(H2,17,18). The van der Waals surface area contributed by atoms with Crippen LogP contribution < -0.4 is 10.5 Å². The van der Waals surface area contributed by atoms with E-state index in [0.29, 0.717) is 24.5 Å². The first-order valence-corrected chi connectivity index (χ1v) is 7.69. The zero-order chi connectivity index (χ0) is 14.8. The zero-order valence-corrected chi connectivity index (χ0v) is 12.7. The van der Waals surface area contributed by atoms with Crippen LogP contribution in [0.25, 0.3) is 11.0 Å². The molecule has 0 amide bonds. The molecule has 0 bridgehead atoms. The van der Waals surface area contributed by atoms with Gasteiger partial charge in [0.15, 0.2) is 0 Å². The van der Waals surface area contributed by atoms with Gasteiger partial charge >= 0.3 is 0 Å². The highest BCUT2D eigenvalue weighted by atomic mass is 16.5. The number of imidazole rings is 1. The first kappa shape index (κ1) is 14.2. The molecule has 5 nitrogen and oxygen atoms in total. The van der Waals surface area contributed by atoms with Crippen LogP contribution in [0.4, 0.5) is 5.95 Å². The predicted octanol–water partition coefficient (Wildman–Crippen LogP) is 3.00. The Hall–Kier alpha value is -1.75. The Kier molecular flexibility index (Phi) is 4.01. The second-order valence-corrected chi connectivity index (χ2v) is 5.59. The van der Waals surface area contributed by atoms with Crippen LogP contribution in [0, 0.1) is 5.92 Å². The number of hydrogen-bond acceptors (Lipinski definition) is 4. The van der Waals surface area contributed by atoms with Crippen LogP contribution in [0.1, 0.15) is 32.7 Å². The molecule has 1 saturated heterocycles. The molecule has 0 spiro atoms. The Labute approximate surface area is 125 Å². The van der Waals surface area contributed by atoms with Gasteiger partial charge in [0.25, 0.3) is 0 Å². The molecule has 21 heavy (non-hydrogen) atoms. The molecule has 1 aromatic heterocycles. The first-order chi connectivity index (χ1) is 10.2. The van der Waals surface area contributed by atoms with Gasteiger partial charge in [-0.2, -0.15) is 0 Å². The number of nitrogens with zero attached hydrogens (tertiary/aromatic N) is 2. The topological polar surface area (TPSA) is 62.3 Å². The molecule has 1 atom stereocenters. The highest BCUT2D eigenvalue weighted by Crippen LogP contribution is 2.35. The smallest absolute Gasteiger partial charge is 0.201 e. The minimum atomic E-state index is 0.316. The van der Waals surface area contributed by atoms with Crippen LogP contribution in [-0.2, 0) is 4.74 Å². The van der Waals surface area contributed by atoms with E-state index in [0.717, 1.165) is 42.8 Å². The third-order valence-electron chi connectivity index (χ3n) is 4.37. The van der Waals surface area contributed by atoms with Crippen molar-refractivity contribution in [3.63, 3.8) is 0 Å². The summed E-state index contributed by atoms with van der Waals surface area (Å²) in [7, 11) is 0. The third kappa shape index (κ3) is 2.58. The number of nitrogen functional groups attached to an aromatic ring is 1. The molecular formula is C16H23N3O2. The Morgan fingerprint density at radius 3 is 2.90 bits per heavy atom. The lowest BCUT2D eigenvalue weighted by Gasteiger charge is -2.29. The molecule has 2 heterocycles.